The van der Waals surface area contributed by atoms with Crippen molar-refractivity contribution in [3.05, 3.63) is 58.1 Å². The number of hydrogen-bond donors (Lipinski definition) is 1. The van der Waals surface area contributed by atoms with Crippen LogP contribution in [0.5, 0.6) is 0 Å². The van der Waals surface area contributed by atoms with Crippen molar-refractivity contribution in [2.24, 2.45) is 0 Å². The van der Waals surface area contributed by atoms with Gasteiger partial charge in [0.1, 0.15) is 6.54 Å². The van der Waals surface area contributed by atoms with E-state index in [-0.39, 0.29) is 12.5 Å². The monoisotopic (exact) mass is 374 g/mol. The van der Waals surface area contributed by atoms with Crippen LogP contribution < -0.4 is 9.62 Å². The van der Waals surface area contributed by atoms with E-state index in [1.54, 1.807) is 0 Å². The number of carbonyl (C=O) groups is 1. The number of amides is 1. The van der Waals surface area contributed by atoms with E-state index in [2.05, 4.69) is 5.32 Å². The number of aryl methyl sites for hydroxylation is 5. The van der Waals surface area contributed by atoms with Crippen molar-refractivity contribution in [1.29, 1.82) is 0 Å². The summed E-state index contributed by atoms with van der Waals surface area (Å²) in [5.74, 6) is -0.368. The minimum absolute atomic E-state index is 0.267. The van der Waals surface area contributed by atoms with Crippen molar-refractivity contribution in [1.82, 2.24) is 0 Å². The summed E-state index contributed by atoms with van der Waals surface area (Å²) in [6.07, 6.45) is 1.12. The normalized spacial score (nSPS) is 11.3. The second-order valence-electron chi connectivity index (χ2n) is 6.83. The van der Waals surface area contributed by atoms with Crippen molar-refractivity contribution >= 4 is 27.3 Å². The summed E-state index contributed by atoms with van der Waals surface area (Å²) < 4.78 is 26.0. The van der Waals surface area contributed by atoms with E-state index >= 15 is 0 Å². The number of anilines is 2. The lowest BCUT2D eigenvalue weighted by atomic mass is 10.1. The number of carbonyl (C=O) groups excluding carboxylic acids is 1. The zero-order valence-electron chi connectivity index (χ0n) is 16.2. The Morgan fingerprint density at radius 1 is 0.962 bits per heavy atom. The van der Waals surface area contributed by atoms with Crippen LogP contribution >= 0.6 is 0 Å². The number of rotatable bonds is 5. The molecule has 0 aromatic heterocycles. The van der Waals surface area contributed by atoms with Crippen molar-refractivity contribution < 1.29 is 13.2 Å². The highest BCUT2D eigenvalue weighted by Gasteiger charge is 2.24. The predicted octanol–water partition coefficient (Wildman–Crippen LogP) is 3.63. The molecule has 0 aliphatic heterocycles. The van der Waals surface area contributed by atoms with Crippen molar-refractivity contribution in [3.8, 4) is 0 Å². The van der Waals surface area contributed by atoms with Gasteiger partial charge < -0.3 is 5.32 Å². The summed E-state index contributed by atoms with van der Waals surface area (Å²) in [5.41, 5.74) is 5.87. The molecule has 0 heterocycles. The third-order valence-electron chi connectivity index (χ3n) is 4.32. The molecule has 6 heteroatoms. The summed E-state index contributed by atoms with van der Waals surface area (Å²) in [6.45, 7) is 9.23. The summed E-state index contributed by atoms with van der Waals surface area (Å²) in [7, 11) is -3.61. The molecule has 26 heavy (non-hydrogen) atoms. The van der Waals surface area contributed by atoms with Crippen LogP contribution in [0.1, 0.15) is 27.8 Å². The zero-order chi connectivity index (χ0) is 19.6. The van der Waals surface area contributed by atoms with E-state index in [0.717, 1.165) is 39.8 Å². The maximum Gasteiger partial charge on any atom is 0.245 e. The van der Waals surface area contributed by atoms with Gasteiger partial charge in [-0.05, 0) is 56.9 Å². The van der Waals surface area contributed by atoms with Gasteiger partial charge in [-0.2, -0.15) is 0 Å². The molecule has 0 aliphatic carbocycles. The molecule has 0 radical (unpaired) electrons. The molecule has 0 saturated heterocycles. The van der Waals surface area contributed by atoms with Gasteiger partial charge in [-0.1, -0.05) is 35.9 Å². The Labute approximate surface area is 156 Å². The Hall–Kier alpha value is -2.34. The van der Waals surface area contributed by atoms with Crippen LogP contribution in [0.25, 0.3) is 0 Å². The Kier molecular flexibility index (Phi) is 5.76. The highest BCUT2D eigenvalue weighted by Crippen LogP contribution is 2.28. The number of benzene rings is 2. The first-order valence-electron chi connectivity index (χ1n) is 8.42. The van der Waals surface area contributed by atoms with E-state index in [0.29, 0.717) is 5.69 Å². The van der Waals surface area contributed by atoms with Crippen molar-refractivity contribution in [3.63, 3.8) is 0 Å². The number of hydrogen-bond acceptors (Lipinski definition) is 3. The van der Waals surface area contributed by atoms with Gasteiger partial charge in [0.25, 0.3) is 0 Å². The molecule has 140 valence electrons. The summed E-state index contributed by atoms with van der Waals surface area (Å²) in [6, 6.07) is 9.58. The van der Waals surface area contributed by atoms with E-state index in [9.17, 15) is 13.2 Å². The highest BCUT2D eigenvalue weighted by molar-refractivity contribution is 7.92. The van der Waals surface area contributed by atoms with Gasteiger partial charge in [0.05, 0.1) is 11.9 Å². The molecule has 0 atom stereocenters. The number of sulfonamides is 1. The van der Waals surface area contributed by atoms with Crippen LogP contribution in [0.4, 0.5) is 11.4 Å². The first-order valence-corrected chi connectivity index (χ1v) is 10.3. The molecule has 0 unspecified atom stereocenters. The van der Waals surface area contributed by atoms with E-state index < -0.39 is 10.0 Å². The van der Waals surface area contributed by atoms with E-state index in [1.165, 1.54) is 4.31 Å². The number of nitrogens with zero attached hydrogens (tertiary/aromatic N) is 1. The molecule has 0 spiro atoms. The van der Waals surface area contributed by atoms with Gasteiger partial charge in [-0.25, -0.2) is 8.42 Å². The average Bonchev–Trinajstić information content (AvgIpc) is 2.48. The van der Waals surface area contributed by atoms with Gasteiger partial charge in [-0.15, -0.1) is 0 Å². The fourth-order valence-electron chi connectivity index (χ4n) is 3.25. The Morgan fingerprint density at radius 2 is 1.46 bits per heavy atom. The summed E-state index contributed by atoms with van der Waals surface area (Å²) >= 11 is 0. The van der Waals surface area contributed by atoms with Gasteiger partial charge in [-0.3, -0.25) is 9.10 Å². The van der Waals surface area contributed by atoms with Crippen molar-refractivity contribution in [2.75, 3.05) is 22.4 Å². The quantitative estimate of drug-likeness (QED) is 0.869. The number of para-hydroxylation sites is 1. The van der Waals surface area contributed by atoms with Gasteiger partial charge >= 0.3 is 0 Å². The molecule has 0 fully saturated rings. The van der Waals surface area contributed by atoms with E-state index in [4.69, 9.17) is 0 Å². The highest BCUT2D eigenvalue weighted by atomic mass is 32.2. The SMILES string of the molecule is Cc1cc(C)c(N(CC(=O)Nc2c(C)cccc2C)S(C)(=O)=O)c(C)c1. The molecular formula is C20H26N2O3S. The Bertz CT molecular complexity index is 906. The molecule has 2 rings (SSSR count). The fourth-order valence-corrected chi connectivity index (χ4v) is 4.22. The molecule has 2 aromatic carbocycles. The lowest BCUT2D eigenvalue weighted by molar-refractivity contribution is -0.114. The van der Waals surface area contributed by atoms with Crippen LogP contribution in [0.2, 0.25) is 0 Å². The maximum atomic E-state index is 12.6. The molecule has 1 amide bonds. The standard InChI is InChI=1S/C20H26N2O3S/c1-13-10-16(4)20(17(5)11-13)22(26(6,24)25)12-18(23)21-19-14(2)8-7-9-15(19)3/h7-11H,12H2,1-6H3,(H,21,23). The first kappa shape index (κ1) is 20.0. The summed E-state index contributed by atoms with van der Waals surface area (Å²) in [4.78, 5) is 12.6. The molecule has 0 bridgehead atoms. The number of nitrogens with one attached hydrogen (secondary N) is 1. The Morgan fingerprint density at radius 3 is 1.92 bits per heavy atom. The fraction of sp³-hybridized carbons (Fsp3) is 0.350. The topological polar surface area (TPSA) is 66.5 Å². The van der Waals surface area contributed by atoms with Gasteiger partial charge in [0.15, 0.2) is 0 Å². The van der Waals surface area contributed by atoms with Gasteiger partial charge in [0, 0.05) is 5.69 Å². The van der Waals surface area contributed by atoms with Crippen LogP contribution in [-0.4, -0.2) is 27.1 Å². The van der Waals surface area contributed by atoms with Crippen LogP contribution in [0, 0.1) is 34.6 Å². The lowest BCUT2D eigenvalue weighted by Gasteiger charge is -2.26. The third-order valence-corrected chi connectivity index (χ3v) is 5.43. The first-order chi connectivity index (χ1) is 12.0. The van der Waals surface area contributed by atoms with Crippen molar-refractivity contribution in [2.45, 2.75) is 34.6 Å². The smallest absolute Gasteiger partial charge is 0.245 e. The van der Waals surface area contributed by atoms with Crippen LogP contribution in [0.3, 0.4) is 0 Å². The molecule has 5 nitrogen and oxygen atoms in total. The van der Waals surface area contributed by atoms with E-state index in [1.807, 2.05) is 65.0 Å². The lowest BCUT2D eigenvalue weighted by Crippen LogP contribution is -2.38. The predicted molar refractivity (Wildman–Crippen MR) is 107 cm³/mol. The largest absolute Gasteiger partial charge is 0.324 e. The maximum absolute atomic E-state index is 12.6. The molecule has 0 saturated carbocycles. The van der Waals surface area contributed by atoms with Crippen LogP contribution in [-0.2, 0) is 14.8 Å². The third kappa shape index (κ3) is 4.43. The molecular weight excluding hydrogens is 348 g/mol. The second kappa shape index (κ2) is 7.50. The molecule has 0 aliphatic rings. The van der Waals surface area contributed by atoms with Crippen LogP contribution in [0.15, 0.2) is 30.3 Å². The Balaban J connectivity index is 2.37. The molecule has 2 aromatic rings. The molecule has 1 N–H and O–H groups in total. The zero-order valence-corrected chi connectivity index (χ0v) is 17.0. The average molecular weight is 375 g/mol. The summed E-state index contributed by atoms with van der Waals surface area (Å²) in [5, 5.41) is 2.86. The van der Waals surface area contributed by atoms with Gasteiger partial charge in [0.2, 0.25) is 15.9 Å². The minimum atomic E-state index is -3.61. The second-order valence-corrected chi connectivity index (χ2v) is 8.74. The minimum Gasteiger partial charge on any atom is -0.324 e.